The van der Waals surface area contributed by atoms with Crippen molar-refractivity contribution in [1.29, 1.82) is 0 Å². The topological polar surface area (TPSA) is 17.1 Å². The molecule has 0 aromatic heterocycles. The predicted octanol–water partition coefficient (Wildman–Crippen LogP) is 1.08. The Balaban J connectivity index is 2.18. The van der Waals surface area contributed by atoms with Crippen molar-refractivity contribution in [2.24, 2.45) is 0 Å². The van der Waals surface area contributed by atoms with E-state index in [9.17, 15) is 4.79 Å². The Morgan fingerprint density at radius 1 is 0.875 bits per heavy atom. The molecule has 0 fully saturated rings. The fraction of sp³-hybridized carbons (Fsp3) is 0.0714. The van der Waals surface area contributed by atoms with Crippen LogP contribution in [0.15, 0.2) is 48.5 Å². The standard InChI is InChI=1S/C14H10OSe/c15-12-9-10-5-1-3-7-13(10)16-14-8-4-2-6-11(12)14/h1-8H,9H2. The van der Waals surface area contributed by atoms with Gasteiger partial charge in [0.05, 0.1) is 0 Å². The van der Waals surface area contributed by atoms with E-state index in [1.54, 1.807) is 0 Å². The number of rotatable bonds is 0. The minimum absolute atomic E-state index is 0.252. The number of hydrogen-bond acceptors (Lipinski definition) is 1. The van der Waals surface area contributed by atoms with E-state index in [4.69, 9.17) is 0 Å². The number of fused-ring (bicyclic) bond motifs is 2. The molecule has 1 nitrogen and oxygen atoms in total. The molecule has 2 heteroatoms. The predicted molar refractivity (Wildman–Crippen MR) is 65.9 cm³/mol. The van der Waals surface area contributed by atoms with E-state index in [0.29, 0.717) is 6.42 Å². The van der Waals surface area contributed by atoms with Crippen molar-refractivity contribution in [1.82, 2.24) is 0 Å². The summed E-state index contributed by atoms with van der Waals surface area (Å²) in [6, 6.07) is 16.3. The molecule has 0 saturated heterocycles. The second-order valence-electron chi connectivity index (χ2n) is 3.81. The molecular weight excluding hydrogens is 263 g/mol. The molecule has 0 aliphatic carbocycles. The zero-order chi connectivity index (χ0) is 11.0. The van der Waals surface area contributed by atoms with E-state index in [0.717, 1.165) is 5.56 Å². The zero-order valence-corrected chi connectivity index (χ0v) is 10.4. The van der Waals surface area contributed by atoms with Gasteiger partial charge in [0.1, 0.15) is 0 Å². The molecule has 0 bridgehead atoms. The Bertz CT molecular complexity index is 560. The van der Waals surface area contributed by atoms with Crippen LogP contribution in [-0.2, 0) is 6.42 Å². The molecule has 1 aliphatic rings. The van der Waals surface area contributed by atoms with E-state index in [1.165, 1.54) is 14.5 Å². The first-order chi connectivity index (χ1) is 7.84. The molecule has 0 atom stereocenters. The second kappa shape index (κ2) is 3.89. The summed E-state index contributed by atoms with van der Waals surface area (Å²) >= 11 is 0.263. The first-order valence-electron chi connectivity index (χ1n) is 5.22. The summed E-state index contributed by atoms with van der Waals surface area (Å²) in [5.41, 5.74) is 2.11. The van der Waals surface area contributed by atoms with Crippen LogP contribution in [0.2, 0.25) is 0 Å². The van der Waals surface area contributed by atoms with Gasteiger partial charge in [0.15, 0.2) is 0 Å². The summed E-state index contributed by atoms with van der Waals surface area (Å²) in [4.78, 5) is 12.1. The Morgan fingerprint density at radius 2 is 1.56 bits per heavy atom. The van der Waals surface area contributed by atoms with Crippen molar-refractivity contribution >= 4 is 29.7 Å². The van der Waals surface area contributed by atoms with Gasteiger partial charge in [-0.3, -0.25) is 0 Å². The van der Waals surface area contributed by atoms with Crippen LogP contribution in [-0.4, -0.2) is 20.7 Å². The maximum absolute atomic E-state index is 12.1. The molecule has 0 amide bonds. The van der Waals surface area contributed by atoms with Gasteiger partial charge in [-0.2, -0.15) is 0 Å². The molecular formula is C14H10OSe. The van der Waals surface area contributed by atoms with Crippen LogP contribution in [0.25, 0.3) is 0 Å². The molecule has 2 aromatic rings. The number of ketones is 1. The minimum atomic E-state index is 0.252. The monoisotopic (exact) mass is 274 g/mol. The van der Waals surface area contributed by atoms with Crippen molar-refractivity contribution in [2.45, 2.75) is 6.42 Å². The Kier molecular flexibility index (Phi) is 2.39. The van der Waals surface area contributed by atoms with Crippen molar-refractivity contribution < 1.29 is 4.79 Å². The van der Waals surface area contributed by atoms with E-state index >= 15 is 0 Å². The SMILES string of the molecule is O=C1Cc2ccccc2[Se]c2ccccc21. The first-order valence-corrected chi connectivity index (χ1v) is 6.94. The van der Waals surface area contributed by atoms with Gasteiger partial charge < -0.3 is 0 Å². The van der Waals surface area contributed by atoms with Gasteiger partial charge in [0.2, 0.25) is 0 Å². The van der Waals surface area contributed by atoms with E-state index in [1.807, 2.05) is 24.3 Å². The number of hydrogen-bond donors (Lipinski definition) is 0. The van der Waals surface area contributed by atoms with Crippen LogP contribution in [0.1, 0.15) is 15.9 Å². The Labute approximate surface area is 101 Å². The third-order valence-corrected chi connectivity index (χ3v) is 5.24. The third-order valence-electron chi connectivity index (χ3n) is 2.73. The number of benzene rings is 2. The molecule has 1 heterocycles. The van der Waals surface area contributed by atoms with Crippen LogP contribution >= 0.6 is 0 Å². The summed E-state index contributed by atoms with van der Waals surface area (Å²) in [6.45, 7) is 0. The molecule has 3 rings (SSSR count). The van der Waals surface area contributed by atoms with Crippen molar-refractivity contribution in [3.63, 3.8) is 0 Å². The number of carbonyl (C=O) groups is 1. The first kappa shape index (κ1) is 9.83. The summed E-state index contributed by atoms with van der Waals surface area (Å²) < 4.78 is 2.55. The number of carbonyl (C=O) groups excluding carboxylic acids is 1. The maximum atomic E-state index is 12.1. The van der Waals surface area contributed by atoms with E-state index in [2.05, 4.69) is 24.3 Å². The fourth-order valence-corrected chi connectivity index (χ4v) is 4.22. The molecule has 0 spiro atoms. The number of Topliss-reactive ketones (excluding diaryl/α,β-unsaturated/α-hetero) is 1. The molecule has 0 N–H and O–H groups in total. The second-order valence-corrected chi connectivity index (χ2v) is 6.08. The fourth-order valence-electron chi connectivity index (χ4n) is 1.92. The van der Waals surface area contributed by atoms with Gasteiger partial charge in [0, 0.05) is 0 Å². The van der Waals surface area contributed by atoms with Gasteiger partial charge in [-0.15, -0.1) is 0 Å². The van der Waals surface area contributed by atoms with Gasteiger partial charge >= 0.3 is 101 Å². The van der Waals surface area contributed by atoms with Crippen LogP contribution < -0.4 is 8.92 Å². The van der Waals surface area contributed by atoms with Crippen LogP contribution in [0.3, 0.4) is 0 Å². The van der Waals surface area contributed by atoms with Crippen LogP contribution in [0, 0.1) is 0 Å². The van der Waals surface area contributed by atoms with Gasteiger partial charge in [-0.05, 0) is 0 Å². The zero-order valence-electron chi connectivity index (χ0n) is 8.64. The molecule has 2 aromatic carbocycles. The molecule has 1 aliphatic heterocycles. The quantitative estimate of drug-likeness (QED) is 0.656. The average molecular weight is 273 g/mol. The van der Waals surface area contributed by atoms with Crippen LogP contribution in [0.4, 0.5) is 0 Å². The Hall–Kier alpha value is -1.37. The van der Waals surface area contributed by atoms with Crippen molar-refractivity contribution in [3.8, 4) is 0 Å². The van der Waals surface area contributed by atoms with Gasteiger partial charge in [-0.25, -0.2) is 0 Å². The van der Waals surface area contributed by atoms with Crippen molar-refractivity contribution in [3.05, 3.63) is 59.7 Å². The van der Waals surface area contributed by atoms with Gasteiger partial charge in [-0.1, -0.05) is 0 Å². The molecule has 0 saturated carbocycles. The molecule has 0 radical (unpaired) electrons. The summed E-state index contributed by atoms with van der Waals surface area (Å²) in [5.74, 6) is 0.252. The Morgan fingerprint density at radius 3 is 2.44 bits per heavy atom. The van der Waals surface area contributed by atoms with Crippen LogP contribution in [0.5, 0.6) is 0 Å². The van der Waals surface area contributed by atoms with E-state index in [-0.39, 0.29) is 20.7 Å². The van der Waals surface area contributed by atoms with Gasteiger partial charge in [0.25, 0.3) is 0 Å². The summed E-state index contributed by atoms with van der Waals surface area (Å²) in [7, 11) is 0. The molecule has 16 heavy (non-hydrogen) atoms. The van der Waals surface area contributed by atoms with Crippen molar-refractivity contribution in [2.75, 3.05) is 0 Å². The summed E-state index contributed by atoms with van der Waals surface area (Å²) in [6.07, 6.45) is 0.551. The molecule has 78 valence electrons. The third kappa shape index (κ3) is 1.60. The molecule has 0 unspecified atom stereocenters. The van der Waals surface area contributed by atoms with E-state index < -0.39 is 0 Å². The summed E-state index contributed by atoms with van der Waals surface area (Å²) in [5, 5.41) is 0. The normalized spacial score (nSPS) is 13.9. The average Bonchev–Trinajstić information content (AvgIpc) is 2.45.